The first-order valence-electron chi connectivity index (χ1n) is 10.2. The minimum Gasteiger partial charge on any atom is -0.372 e. The zero-order valence-electron chi connectivity index (χ0n) is 16.7. The number of carbonyl (C=O) groups excluding carboxylic acids is 1. The normalized spacial score (nSPS) is 15.3. The fourth-order valence-electron chi connectivity index (χ4n) is 3.66. The molecule has 7 heteroatoms. The number of hydrogen-bond donors (Lipinski definition) is 1. The summed E-state index contributed by atoms with van der Waals surface area (Å²) >= 11 is 0. The van der Waals surface area contributed by atoms with Crippen LogP contribution in [0.15, 0.2) is 53.6 Å². The molecule has 1 aliphatic rings. The summed E-state index contributed by atoms with van der Waals surface area (Å²) in [5.41, 5.74) is 7.23. The van der Waals surface area contributed by atoms with E-state index in [4.69, 9.17) is 0 Å². The maximum Gasteiger partial charge on any atom is 0.261 e. The monoisotopic (exact) mass is 390 g/mol. The van der Waals surface area contributed by atoms with Crippen LogP contribution in [0.25, 0.3) is 11.0 Å². The fraction of sp³-hybridized carbons (Fsp3) is 0.364. The average Bonchev–Trinajstić information content (AvgIpc) is 2.97. The van der Waals surface area contributed by atoms with Crippen molar-refractivity contribution in [1.29, 1.82) is 0 Å². The van der Waals surface area contributed by atoms with Crippen molar-refractivity contribution >= 4 is 28.3 Å². The Kier molecular flexibility index (Phi) is 5.84. The Hall–Kier alpha value is -3.22. The summed E-state index contributed by atoms with van der Waals surface area (Å²) in [7, 11) is 0. The lowest BCUT2D eigenvalue weighted by Gasteiger charge is -2.22. The van der Waals surface area contributed by atoms with E-state index in [2.05, 4.69) is 50.0 Å². The van der Waals surface area contributed by atoms with Crippen molar-refractivity contribution in [1.82, 2.24) is 20.4 Å². The highest BCUT2D eigenvalue weighted by atomic mass is 16.2. The Bertz CT molecular complexity index is 1000. The number of nitrogens with zero attached hydrogens (tertiary/aromatic N) is 5. The Morgan fingerprint density at radius 1 is 1.03 bits per heavy atom. The van der Waals surface area contributed by atoms with E-state index in [0.29, 0.717) is 0 Å². The molecule has 0 bridgehead atoms. The summed E-state index contributed by atoms with van der Waals surface area (Å²) in [4.78, 5) is 14.7. The second-order valence-corrected chi connectivity index (χ2v) is 7.42. The minimum atomic E-state index is -0.235. The second kappa shape index (κ2) is 8.86. The molecular weight excluding hydrogens is 364 g/mol. The van der Waals surface area contributed by atoms with E-state index >= 15 is 0 Å². The molecule has 7 nitrogen and oxygen atoms in total. The largest absolute Gasteiger partial charge is 0.372 e. The van der Waals surface area contributed by atoms with Crippen LogP contribution < -0.4 is 10.3 Å². The highest BCUT2D eigenvalue weighted by molar-refractivity contribution is 5.99. The molecule has 0 unspecified atom stereocenters. The van der Waals surface area contributed by atoms with Gasteiger partial charge in [-0.15, -0.1) is 5.10 Å². The molecule has 0 radical (unpaired) electrons. The van der Waals surface area contributed by atoms with E-state index < -0.39 is 0 Å². The summed E-state index contributed by atoms with van der Waals surface area (Å²) in [6.07, 6.45) is 5.17. The second-order valence-electron chi connectivity index (χ2n) is 7.42. The smallest absolute Gasteiger partial charge is 0.261 e. The molecule has 0 spiro atoms. The van der Waals surface area contributed by atoms with Crippen molar-refractivity contribution in [2.45, 2.75) is 39.2 Å². The van der Waals surface area contributed by atoms with Crippen LogP contribution in [-0.2, 0) is 11.3 Å². The molecule has 2 heterocycles. The molecular formula is C22H26N6O. The molecule has 1 aliphatic heterocycles. The first kappa shape index (κ1) is 19.1. The summed E-state index contributed by atoms with van der Waals surface area (Å²) in [5, 5.41) is 12.3. The summed E-state index contributed by atoms with van der Waals surface area (Å²) in [5.74, 6) is -0.235. The number of amides is 1. The van der Waals surface area contributed by atoms with Crippen LogP contribution >= 0.6 is 0 Å². The van der Waals surface area contributed by atoms with Crippen LogP contribution in [0.1, 0.15) is 38.2 Å². The van der Waals surface area contributed by atoms with Crippen molar-refractivity contribution in [2.24, 2.45) is 5.10 Å². The van der Waals surface area contributed by atoms with Gasteiger partial charge in [0.15, 0.2) is 0 Å². The molecule has 1 saturated heterocycles. The van der Waals surface area contributed by atoms with Crippen LogP contribution in [-0.4, -0.2) is 39.7 Å². The molecule has 3 aromatic rings. The number of carbonyl (C=O) groups is 1. The predicted octanol–water partition coefficient (Wildman–Crippen LogP) is 3.35. The number of para-hydroxylation sites is 1. The molecule has 1 fully saturated rings. The standard InChI is InChI=1S/C22H26N6O/c1-17(18-10-12-19(13-11-18)27-14-6-2-3-7-15-27)23-25-22(29)16-28-21-9-5-4-8-20(21)24-26-28/h4-5,8-13H,2-3,6-7,14-16H2,1H3,(H,25,29)/b23-17-. The van der Waals surface area contributed by atoms with Crippen LogP contribution in [0.3, 0.4) is 0 Å². The van der Waals surface area contributed by atoms with Crippen molar-refractivity contribution < 1.29 is 4.79 Å². The number of nitrogens with one attached hydrogen (secondary N) is 1. The highest BCUT2D eigenvalue weighted by Crippen LogP contribution is 2.20. The van der Waals surface area contributed by atoms with E-state index in [1.54, 1.807) is 4.68 Å². The molecule has 4 rings (SSSR count). The minimum absolute atomic E-state index is 0.0746. The van der Waals surface area contributed by atoms with Gasteiger partial charge in [0.25, 0.3) is 5.91 Å². The predicted molar refractivity (Wildman–Crippen MR) is 115 cm³/mol. The van der Waals surface area contributed by atoms with Gasteiger partial charge in [0.1, 0.15) is 12.1 Å². The Labute approximate surface area is 170 Å². The van der Waals surface area contributed by atoms with Gasteiger partial charge in [-0.25, -0.2) is 10.1 Å². The van der Waals surface area contributed by atoms with E-state index in [9.17, 15) is 4.79 Å². The number of anilines is 1. The zero-order chi connectivity index (χ0) is 20.1. The number of aromatic nitrogens is 3. The van der Waals surface area contributed by atoms with Gasteiger partial charge in [-0.05, 0) is 49.6 Å². The van der Waals surface area contributed by atoms with E-state index in [0.717, 1.165) is 35.4 Å². The average molecular weight is 390 g/mol. The van der Waals surface area contributed by atoms with E-state index in [1.165, 1.54) is 31.4 Å². The summed E-state index contributed by atoms with van der Waals surface area (Å²) < 4.78 is 1.57. The van der Waals surface area contributed by atoms with Gasteiger partial charge in [0.05, 0.1) is 11.2 Å². The molecule has 29 heavy (non-hydrogen) atoms. The highest BCUT2D eigenvalue weighted by Gasteiger charge is 2.11. The molecule has 150 valence electrons. The van der Waals surface area contributed by atoms with Crippen LogP contribution in [0.5, 0.6) is 0 Å². The lowest BCUT2D eigenvalue weighted by atomic mass is 10.1. The van der Waals surface area contributed by atoms with Gasteiger partial charge in [-0.3, -0.25) is 4.79 Å². The topological polar surface area (TPSA) is 75.4 Å². The number of rotatable bonds is 5. The van der Waals surface area contributed by atoms with Gasteiger partial charge < -0.3 is 4.90 Å². The van der Waals surface area contributed by atoms with Gasteiger partial charge >= 0.3 is 0 Å². The number of hydrazone groups is 1. The third-order valence-electron chi connectivity index (χ3n) is 5.32. The zero-order valence-corrected chi connectivity index (χ0v) is 16.7. The van der Waals surface area contributed by atoms with Crippen LogP contribution in [0, 0.1) is 0 Å². The van der Waals surface area contributed by atoms with Gasteiger partial charge in [-0.2, -0.15) is 5.10 Å². The number of fused-ring (bicyclic) bond motifs is 1. The first-order chi connectivity index (χ1) is 14.2. The number of hydrogen-bond acceptors (Lipinski definition) is 5. The molecule has 0 saturated carbocycles. The molecule has 1 aromatic heterocycles. The van der Waals surface area contributed by atoms with Gasteiger partial charge in [0, 0.05) is 18.8 Å². The quantitative estimate of drug-likeness (QED) is 0.535. The maximum absolute atomic E-state index is 12.3. The van der Waals surface area contributed by atoms with Crippen LogP contribution in [0.4, 0.5) is 5.69 Å². The summed E-state index contributed by atoms with van der Waals surface area (Å²) in [6.45, 7) is 4.22. The molecule has 1 amide bonds. The third-order valence-corrected chi connectivity index (χ3v) is 5.32. The Balaban J connectivity index is 1.37. The lowest BCUT2D eigenvalue weighted by Crippen LogP contribution is -2.25. The molecule has 0 atom stereocenters. The van der Waals surface area contributed by atoms with Crippen molar-refractivity contribution in [3.63, 3.8) is 0 Å². The fourth-order valence-corrected chi connectivity index (χ4v) is 3.66. The van der Waals surface area contributed by atoms with E-state index in [1.807, 2.05) is 31.2 Å². The maximum atomic E-state index is 12.3. The molecule has 1 N–H and O–H groups in total. The SMILES string of the molecule is C/C(=N/NC(=O)Cn1nnc2ccccc21)c1ccc(N2CCCCCC2)cc1. The van der Waals surface area contributed by atoms with Crippen molar-refractivity contribution in [2.75, 3.05) is 18.0 Å². The third kappa shape index (κ3) is 4.62. The van der Waals surface area contributed by atoms with Crippen LogP contribution in [0.2, 0.25) is 0 Å². The lowest BCUT2D eigenvalue weighted by molar-refractivity contribution is -0.121. The Morgan fingerprint density at radius 2 is 1.76 bits per heavy atom. The molecule has 2 aromatic carbocycles. The van der Waals surface area contributed by atoms with Crippen molar-refractivity contribution in [3.8, 4) is 0 Å². The Morgan fingerprint density at radius 3 is 2.52 bits per heavy atom. The van der Waals surface area contributed by atoms with Gasteiger partial charge in [0.2, 0.25) is 0 Å². The first-order valence-corrected chi connectivity index (χ1v) is 10.2. The van der Waals surface area contributed by atoms with Crippen molar-refractivity contribution in [3.05, 3.63) is 54.1 Å². The van der Waals surface area contributed by atoms with Gasteiger partial charge in [-0.1, -0.05) is 42.3 Å². The number of benzene rings is 2. The molecule has 0 aliphatic carbocycles. The summed E-state index contributed by atoms with van der Waals surface area (Å²) in [6, 6.07) is 16.0. The van der Waals surface area contributed by atoms with E-state index in [-0.39, 0.29) is 12.5 Å².